The Morgan fingerprint density at radius 1 is 1.05 bits per heavy atom. The van der Waals surface area contributed by atoms with Gasteiger partial charge in [-0.1, -0.05) is 35.0 Å². The second-order valence-corrected chi connectivity index (χ2v) is 5.77. The van der Waals surface area contributed by atoms with Crippen molar-refractivity contribution >= 4 is 27.7 Å². The summed E-state index contributed by atoms with van der Waals surface area (Å²) in [5.74, 6) is 0.230. The number of carbonyl (C=O) groups is 2. The summed E-state index contributed by atoms with van der Waals surface area (Å²) >= 11 is 3.40. The molecule has 1 aromatic carbocycles. The Labute approximate surface area is 134 Å². The molecule has 1 saturated heterocycles. The Bertz CT molecular complexity index is 502. The van der Waals surface area contributed by atoms with Gasteiger partial charge in [0.2, 0.25) is 5.91 Å². The van der Waals surface area contributed by atoms with Gasteiger partial charge in [0.15, 0.2) is 0 Å². The monoisotopic (exact) mass is 352 g/mol. The van der Waals surface area contributed by atoms with Crippen molar-refractivity contribution in [1.82, 2.24) is 9.80 Å². The maximum atomic E-state index is 12.5. The molecule has 0 atom stereocenters. The zero-order chi connectivity index (χ0) is 15.2. The summed E-state index contributed by atoms with van der Waals surface area (Å²) in [7, 11) is 0. The first-order chi connectivity index (χ1) is 10.2. The van der Waals surface area contributed by atoms with E-state index in [1.54, 1.807) is 0 Å². The molecule has 0 radical (unpaired) electrons. The molecule has 114 valence electrons. The normalized spacial score (nSPS) is 15.7. The van der Waals surface area contributed by atoms with E-state index in [1.807, 2.05) is 41.0 Å². The summed E-state index contributed by atoms with van der Waals surface area (Å²) in [6.45, 7) is 4.59. The topological polar surface area (TPSA) is 40.6 Å². The first-order valence-electron chi connectivity index (χ1n) is 7.37. The minimum absolute atomic E-state index is 0.0573. The van der Waals surface area contributed by atoms with Crippen LogP contribution in [0.15, 0.2) is 24.3 Å². The molecule has 21 heavy (non-hydrogen) atoms. The molecule has 1 aliphatic heterocycles. The highest BCUT2D eigenvalue weighted by atomic mass is 79.9. The lowest BCUT2D eigenvalue weighted by molar-refractivity contribution is -0.130. The van der Waals surface area contributed by atoms with Crippen LogP contribution >= 0.6 is 15.9 Å². The Kier molecular flexibility index (Phi) is 5.79. The van der Waals surface area contributed by atoms with E-state index in [0.717, 1.165) is 29.4 Å². The van der Waals surface area contributed by atoms with Gasteiger partial charge in [0.05, 0.1) is 0 Å². The van der Waals surface area contributed by atoms with Crippen molar-refractivity contribution in [2.75, 3.05) is 26.2 Å². The maximum Gasteiger partial charge on any atom is 0.253 e. The van der Waals surface area contributed by atoms with E-state index in [0.29, 0.717) is 26.1 Å². The van der Waals surface area contributed by atoms with Gasteiger partial charge in [-0.3, -0.25) is 9.59 Å². The molecule has 5 heteroatoms. The second-order valence-electron chi connectivity index (χ2n) is 5.21. The van der Waals surface area contributed by atoms with Crippen LogP contribution in [0.25, 0.3) is 0 Å². The van der Waals surface area contributed by atoms with Crippen LogP contribution in [-0.2, 0) is 10.1 Å². The molecular formula is C16H21BrN2O2. The number of benzene rings is 1. The lowest BCUT2D eigenvalue weighted by atomic mass is 10.1. The minimum atomic E-state index is 0.0573. The van der Waals surface area contributed by atoms with Gasteiger partial charge in [-0.05, 0) is 24.1 Å². The van der Waals surface area contributed by atoms with E-state index in [2.05, 4.69) is 15.9 Å². The van der Waals surface area contributed by atoms with Crippen LogP contribution in [0.5, 0.6) is 0 Å². The minimum Gasteiger partial charge on any atom is -0.341 e. The summed E-state index contributed by atoms with van der Waals surface area (Å²) in [6.07, 6.45) is 1.37. The van der Waals surface area contributed by atoms with Crippen LogP contribution in [0.2, 0.25) is 0 Å². The Morgan fingerprint density at radius 3 is 2.29 bits per heavy atom. The number of nitrogens with zero attached hydrogens (tertiary/aromatic N) is 2. The predicted molar refractivity (Wildman–Crippen MR) is 86.5 cm³/mol. The van der Waals surface area contributed by atoms with Gasteiger partial charge in [-0.25, -0.2) is 0 Å². The summed E-state index contributed by atoms with van der Waals surface area (Å²) in [6, 6.07) is 7.68. The predicted octanol–water partition coefficient (Wildman–Crippen LogP) is 2.67. The standard InChI is InChI=1S/C16H21BrN2O2/c1-2-15(20)18-8-3-9-19(11-10-18)16(21)14-6-4-13(12-17)5-7-14/h4-7H,2-3,8-12H2,1H3. The van der Waals surface area contributed by atoms with Crippen LogP contribution < -0.4 is 0 Å². The first-order valence-corrected chi connectivity index (χ1v) is 8.49. The molecule has 0 spiro atoms. The molecule has 0 aliphatic carbocycles. The van der Waals surface area contributed by atoms with Crippen molar-refractivity contribution in [3.63, 3.8) is 0 Å². The fourth-order valence-electron chi connectivity index (χ4n) is 2.51. The molecule has 1 aromatic rings. The molecule has 4 nitrogen and oxygen atoms in total. The summed E-state index contributed by atoms with van der Waals surface area (Å²) in [5.41, 5.74) is 1.87. The molecule has 0 unspecified atom stereocenters. The third-order valence-corrected chi connectivity index (χ3v) is 4.44. The number of amides is 2. The van der Waals surface area contributed by atoms with Crippen molar-refractivity contribution in [3.05, 3.63) is 35.4 Å². The van der Waals surface area contributed by atoms with E-state index >= 15 is 0 Å². The molecule has 1 fully saturated rings. The SMILES string of the molecule is CCC(=O)N1CCCN(C(=O)c2ccc(CBr)cc2)CC1. The van der Waals surface area contributed by atoms with Crippen molar-refractivity contribution in [3.8, 4) is 0 Å². The van der Waals surface area contributed by atoms with Gasteiger partial charge in [0, 0.05) is 43.5 Å². The van der Waals surface area contributed by atoms with E-state index in [1.165, 1.54) is 0 Å². The molecule has 1 heterocycles. The number of hydrogen-bond acceptors (Lipinski definition) is 2. The van der Waals surface area contributed by atoms with Gasteiger partial charge >= 0.3 is 0 Å². The quantitative estimate of drug-likeness (QED) is 0.784. The van der Waals surface area contributed by atoms with Gasteiger partial charge in [-0.2, -0.15) is 0 Å². The van der Waals surface area contributed by atoms with E-state index in [9.17, 15) is 9.59 Å². The lowest BCUT2D eigenvalue weighted by Crippen LogP contribution is -2.37. The van der Waals surface area contributed by atoms with E-state index < -0.39 is 0 Å². The van der Waals surface area contributed by atoms with Gasteiger partial charge in [0.25, 0.3) is 5.91 Å². The molecule has 1 aliphatic rings. The fourth-order valence-corrected chi connectivity index (χ4v) is 2.89. The molecular weight excluding hydrogens is 332 g/mol. The Balaban J connectivity index is 2.00. The summed E-state index contributed by atoms with van der Waals surface area (Å²) < 4.78 is 0. The largest absolute Gasteiger partial charge is 0.341 e. The van der Waals surface area contributed by atoms with Crippen molar-refractivity contribution in [2.24, 2.45) is 0 Å². The van der Waals surface area contributed by atoms with E-state index in [-0.39, 0.29) is 11.8 Å². The summed E-state index contributed by atoms with van der Waals surface area (Å²) in [5, 5.41) is 0.791. The summed E-state index contributed by atoms with van der Waals surface area (Å²) in [4.78, 5) is 28.0. The third-order valence-electron chi connectivity index (χ3n) is 3.79. The molecule has 2 rings (SSSR count). The number of carbonyl (C=O) groups excluding carboxylic acids is 2. The number of rotatable bonds is 3. The van der Waals surface area contributed by atoms with Crippen LogP contribution in [0.3, 0.4) is 0 Å². The van der Waals surface area contributed by atoms with Crippen LogP contribution in [0.4, 0.5) is 0 Å². The smallest absolute Gasteiger partial charge is 0.253 e. The third kappa shape index (κ3) is 4.06. The number of hydrogen-bond donors (Lipinski definition) is 0. The zero-order valence-electron chi connectivity index (χ0n) is 12.3. The van der Waals surface area contributed by atoms with Crippen LogP contribution in [0.1, 0.15) is 35.7 Å². The van der Waals surface area contributed by atoms with Crippen molar-refractivity contribution in [2.45, 2.75) is 25.1 Å². The average Bonchev–Trinajstić information content (AvgIpc) is 2.79. The fraction of sp³-hybridized carbons (Fsp3) is 0.500. The number of alkyl halides is 1. The molecule has 0 N–H and O–H groups in total. The zero-order valence-corrected chi connectivity index (χ0v) is 13.9. The van der Waals surface area contributed by atoms with Crippen LogP contribution in [-0.4, -0.2) is 47.8 Å². The highest BCUT2D eigenvalue weighted by molar-refractivity contribution is 9.08. The van der Waals surface area contributed by atoms with Gasteiger partial charge < -0.3 is 9.80 Å². The number of halogens is 1. The van der Waals surface area contributed by atoms with Gasteiger partial charge in [0.1, 0.15) is 0 Å². The molecule has 0 aromatic heterocycles. The lowest BCUT2D eigenvalue weighted by Gasteiger charge is -2.22. The highest BCUT2D eigenvalue weighted by Crippen LogP contribution is 2.12. The first kappa shape index (κ1) is 16.0. The molecule has 2 amide bonds. The second kappa shape index (κ2) is 7.59. The van der Waals surface area contributed by atoms with Gasteiger partial charge in [-0.15, -0.1) is 0 Å². The highest BCUT2D eigenvalue weighted by Gasteiger charge is 2.21. The maximum absolute atomic E-state index is 12.5. The van der Waals surface area contributed by atoms with Crippen molar-refractivity contribution in [1.29, 1.82) is 0 Å². The molecule has 0 saturated carbocycles. The van der Waals surface area contributed by atoms with E-state index in [4.69, 9.17) is 0 Å². The molecule has 0 bridgehead atoms. The Morgan fingerprint density at radius 2 is 1.67 bits per heavy atom. The van der Waals surface area contributed by atoms with Crippen LogP contribution in [0, 0.1) is 0 Å². The average molecular weight is 353 g/mol. The van der Waals surface area contributed by atoms with Crippen molar-refractivity contribution < 1.29 is 9.59 Å². The Hall–Kier alpha value is -1.36.